The Morgan fingerprint density at radius 1 is 1.00 bits per heavy atom. The smallest absolute Gasteiger partial charge is 0.240 e. The van der Waals surface area contributed by atoms with Crippen molar-refractivity contribution < 1.29 is 9.59 Å². The second kappa shape index (κ2) is 7.84. The number of carbonyl (C=O) groups excluding carboxylic acids is 2. The quantitative estimate of drug-likeness (QED) is 0.822. The fourth-order valence-corrected chi connectivity index (χ4v) is 4.25. The highest BCUT2D eigenvalue weighted by Crippen LogP contribution is 2.29. The SMILES string of the molecule is Cl.NC1(C(=O)NC2CCN(C(=O)C3CCCCC3)C2)CCCC1. The minimum absolute atomic E-state index is 0. The number of hydrogen-bond donors (Lipinski definition) is 2. The first-order valence-corrected chi connectivity index (χ1v) is 8.97. The van der Waals surface area contributed by atoms with Gasteiger partial charge >= 0.3 is 0 Å². The Hall–Kier alpha value is -0.810. The zero-order valence-corrected chi connectivity index (χ0v) is 14.7. The highest BCUT2D eigenvalue weighted by Gasteiger charge is 2.39. The van der Waals surface area contributed by atoms with E-state index in [4.69, 9.17) is 5.73 Å². The molecule has 0 aromatic heterocycles. The van der Waals surface area contributed by atoms with Crippen LogP contribution in [0.3, 0.4) is 0 Å². The van der Waals surface area contributed by atoms with E-state index in [1.54, 1.807) is 0 Å². The van der Waals surface area contributed by atoms with Gasteiger partial charge in [-0.1, -0.05) is 32.1 Å². The van der Waals surface area contributed by atoms with Crippen molar-refractivity contribution in [3.05, 3.63) is 0 Å². The Morgan fingerprint density at radius 2 is 1.65 bits per heavy atom. The molecule has 1 atom stereocenters. The molecule has 0 aromatic rings. The van der Waals surface area contributed by atoms with Crippen LogP contribution in [0.4, 0.5) is 0 Å². The Balaban J connectivity index is 0.00000192. The highest BCUT2D eigenvalue weighted by molar-refractivity contribution is 5.87. The normalized spacial score (nSPS) is 27.5. The summed E-state index contributed by atoms with van der Waals surface area (Å²) in [5.41, 5.74) is 5.53. The lowest BCUT2D eigenvalue weighted by atomic mass is 9.88. The van der Waals surface area contributed by atoms with E-state index in [1.807, 2.05) is 4.90 Å². The summed E-state index contributed by atoms with van der Waals surface area (Å²) >= 11 is 0. The van der Waals surface area contributed by atoms with E-state index >= 15 is 0 Å². The molecule has 0 bridgehead atoms. The molecule has 1 saturated heterocycles. The van der Waals surface area contributed by atoms with E-state index in [1.165, 1.54) is 19.3 Å². The molecule has 23 heavy (non-hydrogen) atoms. The van der Waals surface area contributed by atoms with E-state index in [-0.39, 0.29) is 30.3 Å². The molecule has 3 aliphatic rings. The molecule has 1 aliphatic heterocycles. The maximum atomic E-state index is 12.5. The van der Waals surface area contributed by atoms with Gasteiger partial charge in [0.05, 0.1) is 5.54 Å². The summed E-state index contributed by atoms with van der Waals surface area (Å²) in [4.78, 5) is 26.9. The van der Waals surface area contributed by atoms with Crippen LogP contribution in [0.15, 0.2) is 0 Å². The van der Waals surface area contributed by atoms with Crippen LogP contribution in [-0.4, -0.2) is 41.4 Å². The van der Waals surface area contributed by atoms with Crippen LogP contribution in [0.2, 0.25) is 0 Å². The van der Waals surface area contributed by atoms with Crippen molar-refractivity contribution in [2.24, 2.45) is 11.7 Å². The van der Waals surface area contributed by atoms with Gasteiger partial charge in [-0.15, -0.1) is 12.4 Å². The average molecular weight is 344 g/mol. The van der Waals surface area contributed by atoms with Crippen LogP contribution in [0.5, 0.6) is 0 Å². The number of carbonyl (C=O) groups is 2. The molecule has 5 nitrogen and oxygen atoms in total. The van der Waals surface area contributed by atoms with Crippen molar-refractivity contribution in [2.45, 2.75) is 75.8 Å². The van der Waals surface area contributed by atoms with E-state index < -0.39 is 5.54 Å². The van der Waals surface area contributed by atoms with Crippen molar-refractivity contribution >= 4 is 24.2 Å². The Bertz CT molecular complexity index is 432. The topological polar surface area (TPSA) is 75.4 Å². The molecule has 2 saturated carbocycles. The third-order valence-electron chi connectivity index (χ3n) is 5.74. The molecule has 0 spiro atoms. The van der Waals surface area contributed by atoms with Crippen LogP contribution < -0.4 is 11.1 Å². The molecule has 132 valence electrons. The van der Waals surface area contributed by atoms with Crippen LogP contribution >= 0.6 is 12.4 Å². The number of amides is 2. The van der Waals surface area contributed by atoms with E-state index in [2.05, 4.69) is 5.32 Å². The second-order valence-electron chi connectivity index (χ2n) is 7.44. The molecule has 3 N–H and O–H groups in total. The van der Waals surface area contributed by atoms with Gasteiger partial charge in [0, 0.05) is 25.0 Å². The van der Waals surface area contributed by atoms with Gasteiger partial charge in [0.2, 0.25) is 11.8 Å². The van der Waals surface area contributed by atoms with Crippen LogP contribution in [0.25, 0.3) is 0 Å². The lowest BCUT2D eigenvalue weighted by molar-refractivity contribution is -0.136. The summed E-state index contributed by atoms with van der Waals surface area (Å²) in [7, 11) is 0. The predicted octanol–water partition coefficient (Wildman–Crippen LogP) is 1.98. The number of hydrogen-bond acceptors (Lipinski definition) is 3. The van der Waals surface area contributed by atoms with E-state index in [9.17, 15) is 9.59 Å². The van der Waals surface area contributed by atoms with Gasteiger partial charge in [-0.3, -0.25) is 9.59 Å². The van der Waals surface area contributed by atoms with Crippen molar-refractivity contribution in [1.29, 1.82) is 0 Å². The van der Waals surface area contributed by atoms with Gasteiger partial charge in [-0.05, 0) is 32.1 Å². The van der Waals surface area contributed by atoms with Gasteiger partial charge in [-0.25, -0.2) is 0 Å². The Kier molecular flexibility index (Phi) is 6.32. The predicted molar refractivity (Wildman–Crippen MR) is 92.3 cm³/mol. The summed E-state index contributed by atoms with van der Waals surface area (Å²) in [5.74, 6) is 0.514. The van der Waals surface area contributed by atoms with Gasteiger partial charge in [0.25, 0.3) is 0 Å². The fraction of sp³-hybridized carbons (Fsp3) is 0.882. The van der Waals surface area contributed by atoms with Crippen molar-refractivity contribution in [2.75, 3.05) is 13.1 Å². The molecule has 2 aliphatic carbocycles. The van der Waals surface area contributed by atoms with Gasteiger partial charge in [0.1, 0.15) is 0 Å². The lowest BCUT2D eigenvalue weighted by Gasteiger charge is -2.27. The van der Waals surface area contributed by atoms with E-state index in [0.717, 1.165) is 51.5 Å². The molecular weight excluding hydrogens is 314 g/mol. The maximum absolute atomic E-state index is 12.5. The van der Waals surface area contributed by atoms with Crippen molar-refractivity contribution in [1.82, 2.24) is 10.2 Å². The molecule has 1 heterocycles. The third-order valence-corrected chi connectivity index (χ3v) is 5.74. The number of nitrogens with zero attached hydrogens (tertiary/aromatic N) is 1. The van der Waals surface area contributed by atoms with Crippen LogP contribution in [-0.2, 0) is 9.59 Å². The summed E-state index contributed by atoms with van der Waals surface area (Å²) in [6, 6.07) is 0.0843. The molecule has 3 rings (SSSR count). The van der Waals surface area contributed by atoms with Crippen molar-refractivity contribution in [3.63, 3.8) is 0 Å². The largest absolute Gasteiger partial charge is 0.350 e. The van der Waals surface area contributed by atoms with Gasteiger partial charge < -0.3 is 16.0 Å². The zero-order valence-electron chi connectivity index (χ0n) is 13.9. The van der Waals surface area contributed by atoms with Gasteiger partial charge in [0.15, 0.2) is 0 Å². The number of likely N-dealkylation sites (tertiary alicyclic amines) is 1. The number of nitrogens with two attached hydrogens (primary N) is 1. The maximum Gasteiger partial charge on any atom is 0.240 e. The summed E-state index contributed by atoms with van der Waals surface area (Å²) in [5, 5.41) is 3.09. The fourth-order valence-electron chi connectivity index (χ4n) is 4.25. The Morgan fingerprint density at radius 3 is 2.30 bits per heavy atom. The Labute approximate surface area is 145 Å². The highest BCUT2D eigenvalue weighted by atomic mass is 35.5. The molecular formula is C17H30ClN3O2. The summed E-state index contributed by atoms with van der Waals surface area (Å²) in [6.07, 6.45) is 10.2. The second-order valence-corrected chi connectivity index (χ2v) is 7.44. The molecule has 3 fully saturated rings. The number of rotatable bonds is 3. The van der Waals surface area contributed by atoms with Crippen LogP contribution in [0.1, 0.15) is 64.2 Å². The minimum atomic E-state index is -0.666. The molecule has 0 radical (unpaired) electrons. The monoisotopic (exact) mass is 343 g/mol. The van der Waals surface area contributed by atoms with E-state index in [0.29, 0.717) is 12.5 Å². The lowest BCUT2D eigenvalue weighted by Crippen LogP contribution is -2.55. The molecule has 6 heteroatoms. The molecule has 1 unspecified atom stereocenters. The first kappa shape index (κ1) is 18.5. The summed E-state index contributed by atoms with van der Waals surface area (Å²) in [6.45, 7) is 1.44. The zero-order chi connectivity index (χ0) is 15.6. The summed E-state index contributed by atoms with van der Waals surface area (Å²) < 4.78 is 0. The van der Waals surface area contributed by atoms with Crippen molar-refractivity contribution in [3.8, 4) is 0 Å². The molecule has 0 aromatic carbocycles. The average Bonchev–Trinajstić information content (AvgIpc) is 3.17. The number of nitrogens with one attached hydrogen (secondary N) is 1. The standard InChI is InChI=1S/C17H29N3O2.ClH/c18-17(9-4-5-10-17)16(22)19-14-8-11-20(12-14)15(21)13-6-2-1-3-7-13;/h13-14H,1-12,18H2,(H,19,22);1H. The van der Waals surface area contributed by atoms with Crippen LogP contribution in [0, 0.1) is 5.92 Å². The minimum Gasteiger partial charge on any atom is -0.350 e. The van der Waals surface area contributed by atoms with Gasteiger partial charge in [-0.2, -0.15) is 0 Å². The molecule has 2 amide bonds. The third kappa shape index (κ3) is 4.18. The first-order valence-electron chi connectivity index (χ1n) is 8.97. The first-order chi connectivity index (χ1) is 10.6. The number of halogens is 1.